The molecule has 0 aromatic heterocycles. The second kappa shape index (κ2) is 11.5. The van der Waals surface area contributed by atoms with E-state index in [1.807, 2.05) is 7.11 Å². The number of ether oxygens (including phenoxy) is 1. The summed E-state index contributed by atoms with van der Waals surface area (Å²) in [7, 11) is 1.82. The minimum atomic E-state index is -0.0265. The molecular formula is C35H43IN2O. The fourth-order valence-electron chi connectivity index (χ4n) is 6.81. The predicted molar refractivity (Wildman–Crippen MR) is 161 cm³/mol. The van der Waals surface area contributed by atoms with Gasteiger partial charge in [-0.2, -0.15) is 4.58 Å². The van der Waals surface area contributed by atoms with Crippen molar-refractivity contribution < 1.29 is 33.3 Å². The summed E-state index contributed by atoms with van der Waals surface area (Å²) in [6.45, 7) is 15.8. The van der Waals surface area contributed by atoms with Crippen molar-refractivity contribution in [1.29, 1.82) is 0 Å². The van der Waals surface area contributed by atoms with Crippen molar-refractivity contribution >= 4 is 17.1 Å². The van der Waals surface area contributed by atoms with Gasteiger partial charge >= 0.3 is 0 Å². The molecule has 0 saturated heterocycles. The van der Waals surface area contributed by atoms with Gasteiger partial charge in [0.25, 0.3) is 0 Å². The van der Waals surface area contributed by atoms with Crippen LogP contribution in [-0.2, 0) is 15.6 Å². The first kappa shape index (κ1) is 29.4. The van der Waals surface area contributed by atoms with E-state index in [4.69, 9.17) is 4.74 Å². The quantitative estimate of drug-likeness (QED) is 0.315. The van der Waals surface area contributed by atoms with Crippen LogP contribution in [0.5, 0.6) is 0 Å². The van der Waals surface area contributed by atoms with Crippen molar-refractivity contribution in [3.8, 4) is 0 Å². The monoisotopic (exact) mass is 634 g/mol. The minimum Gasteiger partial charge on any atom is -1.00 e. The van der Waals surface area contributed by atoms with Gasteiger partial charge in [-0.05, 0) is 81.9 Å². The summed E-state index contributed by atoms with van der Waals surface area (Å²) < 4.78 is 8.54. The Kier molecular flexibility index (Phi) is 8.65. The van der Waals surface area contributed by atoms with Gasteiger partial charge in [0, 0.05) is 41.1 Å². The third-order valence-electron chi connectivity index (χ3n) is 8.80. The molecule has 2 aromatic rings. The molecule has 2 aromatic carbocycles. The highest BCUT2D eigenvalue weighted by Crippen LogP contribution is 2.47. The van der Waals surface area contributed by atoms with Crippen LogP contribution in [0, 0.1) is 0 Å². The molecule has 0 amide bonds. The summed E-state index contributed by atoms with van der Waals surface area (Å²) in [6, 6.07) is 17.6. The summed E-state index contributed by atoms with van der Waals surface area (Å²) in [4.78, 5) is 2.46. The Morgan fingerprint density at radius 2 is 1.56 bits per heavy atom. The Hall–Kier alpha value is -2.60. The van der Waals surface area contributed by atoms with E-state index in [-0.39, 0.29) is 34.8 Å². The zero-order valence-electron chi connectivity index (χ0n) is 24.6. The highest BCUT2D eigenvalue weighted by atomic mass is 127. The van der Waals surface area contributed by atoms with Crippen LogP contribution in [0.25, 0.3) is 0 Å². The smallest absolute Gasteiger partial charge is 0.209 e. The van der Waals surface area contributed by atoms with Crippen LogP contribution in [0.2, 0.25) is 0 Å². The van der Waals surface area contributed by atoms with Crippen LogP contribution in [0.1, 0.15) is 71.9 Å². The lowest BCUT2D eigenvalue weighted by Gasteiger charge is -2.26. The second-order valence-corrected chi connectivity index (χ2v) is 11.6. The fourth-order valence-corrected chi connectivity index (χ4v) is 6.81. The largest absolute Gasteiger partial charge is 1.00 e. The molecule has 206 valence electrons. The normalized spacial score (nSPS) is 21.6. The van der Waals surface area contributed by atoms with Crippen LogP contribution in [0.15, 0.2) is 95.4 Å². The molecule has 5 rings (SSSR count). The van der Waals surface area contributed by atoms with E-state index in [0.717, 1.165) is 38.1 Å². The van der Waals surface area contributed by atoms with Crippen LogP contribution in [0.3, 0.4) is 0 Å². The molecule has 0 fully saturated rings. The van der Waals surface area contributed by atoms with E-state index in [1.54, 1.807) is 0 Å². The van der Waals surface area contributed by atoms with Gasteiger partial charge in [0.2, 0.25) is 5.69 Å². The summed E-state index contributed by atoms with van der Waals surface area (Å²) in [5, 5.41) is 0. The van der Waals surface area contributed by atoms with Crippen LogP contribution in [0.4, 0.5) is 11.4 Å². The van der Waals surface area contributed by atoms with Crippen molar-refractivity contribution in [2.45, 2.75) is 71.6 Å². The van der Waals surface area contributed by atoms with Gasteiger partial charge in [0.05, 0.1) is 12.5 Å². The topological polar surface area (TPSA) is 15.5 Å². The molecule has 0 spiro atoms. The van der Waals surface area contributed by atoms with E-state index in [2.05, 4.69) is 124 Å². The van der Waals surface area contributed by atoms with Crippen molar-refractivity contribution in [3.05, 3.63) is 107 Å². The van der Waals surface area contributed by atoms with Gasteiger partial charge in [0.1, 0.15) is 12.3 Å². The van der Waals surface area contributed by atoms with Gasteiger partial charge in [0.15, 0.2) is 5.71 Å². The third kappa shape index (κ3) is 4.94. The number of allylic oxidation sites excluding steroid dienone is 7. The van der Waals surface area contributed by atoms with Gasteiger partial charge in [-0.3, -0.25) is 0 Å². The zero-order valence-corrected chi connectivity index (χ0v) is 26.8. The zero-order chi connectivity index (χ0) is 27.1. The molecule has 2 heterocycles. The average molecular weight is 635 g/mol. The lowest BCUT2D eigenvalue weighted by molar-refractivity contribution is -0.433. The number of fused-ring (bicyclic) bond motifs is 2. The molecule has 4 heteroatoms. The molecule has 3 aliphatic rings. The lowest BCUT2D eigenvalue weighted by Crippen LogP contribution is -3.00. The van der Waals surface area contributed by atoms with Crippen LogP contribution < -0.4 is 28.9 Å². The number of benzene rings is 2. The molecule has 0 atom stereocenters. The lowest BCUT2D eigenvalue weighted by atomic mass is 9.81. The summed E-state index contributed by atoms with van der Waals surface area (Å²) >= 11 is 0. The number of hydrogen-bond donors (Lipinski definition) is 0. The summed E-state index contributed by atoms with van der Waals surface area (Å²) in [5.41, 5.74) is 10.7. The molecule has 0 unspecified atom stereocenters. The number of methoxy groups -OCH3 is 1. The third-order valence-corrected chi connectivity index (χ3v) is 8.80. The maximum atomic E-state index is 6.08. The number of nitrogens with zero attached hydrogens (tertiary/aromatic N) is 2. The maximum absolute atomic E-state index is 6.08. The molecule has 0 bridgehead atoms. The first-order valence-electron chi connectivity index (χ1n) is 14.2. The molecule has 3 nitrogen and oxygen atoms in total. The summed E-state index contributed by atoms with van der Waals surface area (Å²) in [5.74, 6) is 1.04. The number of anilines is 1. The standard InChI is InChI=1S/C35H43N2O.HI/c1-8-36-29-19-12-10-17-27(29)34(3,4)31(36)23-21-25-15-14-16-26(33(25)38-7)22-24-32-35(5,6)28-18-11-13-20-30(28)37(32)9-2;/h10-13,17-24H,8-9,14-16H2,1-7H3;1H/q+1;/p-1. The number of rotatable bonds is 6. The first-order chi connectivity index (χ1) is 18.2. The van der Waals surface area contributed by atoms with E-state index in [1.165, 1.54) is 45.1 Å². The Morgan fingerprint density at radius 1 is 0.872 bits per heavy atom. The van der Waals surface area contributed by atoms with Gasteiger partial charge in [-0.1, -0.05) is 56.3 Å². The van der Waals surface area contributed by atoms with Crippen molar-refractivity contribution in [3.63, 3.8) is 0 Å². The average Bonchev–Trinajstić information content (AvgIpc) is 3.28. The highest BCUT2D eigenvalue weighted by Gasteiger charge is 2.43. The second-order valence-electron chi connectivity index (χ2n) is 11.6. The highest BCUT2D eigenvalue weighted by molar-refractivity contribution is 6.03. The Labute approximate surface area is 252 Å². The summed E-state index contributed by atoms with van der Waals surface area (Å²) in [6.07, 6.45) is 12.5. The molecular weight excluding hydrogens is 591 g/mol. The molecule has 39 heavy (non-hydrogen) atoms. The molecule has 0 radical (unpaired) electrons. The van der Waals surface area contributed by atoms with Crippen LogP contribution >= 0.6 is 0 Å². The van der Waals surface area contributed by atoms with E-state index in [0.29, 0.717) is 0 Å². The van der Waals surface area contributed by atoms with Gasteiger partial charge in [-0.25, -0.2) is 0 Å². The molecule has 0 N–H and O–H groups in total. The van der Waals surface area contributed by atoms with E-state index >= 15 is 0 Å². The van der Waals surface area contributed by atoms with Crippen molar-refractivity contribution in [2.75, 3.05) is 25.1 Å². The Balaban J connectivity index is 0.00000353. The fraction of sp³-hybridized carbons (Fsp3) is 0.400. The maximum Gasteiger partial charge on any atom is 0.209 e. The molecule has 0 saturated carbocycles. The SMILES string of the molecule is CCN1/C(=C/C=C2\CCCC(/C=C/C3=[N+](CC)c4ccccc4C3(C)C)=C2OC)C(C)(C)c2ccccc21.[I-]. The number of para-hydroxylation sites is 2. The van der Waals surface area contributed by atoms with E-state index < -0.39 is 0 Å². The van der Waals surface area contributed by atoms with Gasteiger partial charge in [-0.15, -0.1) is 0 Å². The van der Waals surface area contributed by atoms with E-state index in [9.17, 15) is 0 Å². The minimum absolute atomic E-state index is 0. The number of halogens is 1. The number of likely N-dealkylation sites (N-methyl/N-ethyl adjacent to an activating group) is 1. The first-order valence-corrected chi connectivity index (χ1v) is 14.2. The van der Waals surface area contributed by atoms with Crippen molar-refractivity contribution in [1.82, 2.24) is 0 Å². The Morgan fingerprint density at radius 3 is 2.26 bits per heavy atom. The predicted octanol–water partition coefficient (Wildman–Crippen LogP) is 5.36. The molecule has 2 aliphatic heterocycles. The number of hydrogen-bond acceptors (Lipinski definition) is 2. The van der Waals surface area contributed by atoms with Crippen LogP contribution in [-0.4, -0.2) is 30.5 Å². The Bertz CT molecular complexity index is 1400. The molecule has 1 aliphatic carbocycles. The van der Waals surface area contributed by atoms with Crippen molar-refractivity contribution in [2.24, 2.45) is 0 Å². The van der Waals surface area contributed by atoms with Gasteiger partial charge < -0.3 is 33.6 Å².